The van der Waals surface area contributed by atoms with Gasteiger partial charge >= 0.3 is 11.7 Å². The van der Waals surface area contributed by atoms with E-state index in [4.69, 9.17) is 9.47 Å². The molecule has 1 aliphatic heterocycles. The number of ether oxygens (including phenoxy) is 2. The predicted molar refractivity (Wildman–Crippen MR) is 101 cm³/mol. The molecule has 1 aromatic heterocycles. The van der Waals surface area contributed by atoms with Crippen molar-refractivity contribution in [2.24, 2.45) is 0 Å². The van der Waals surface area contributed by atoms with Crippen LogP contribution in [0.15, 0.2) is 40.1 Å². The number of hydrogen-bond acceptors (Lipinski definition) is 6. The highest BCUT2D eigenvalue weighted by Gasteiger charge is 2.39. The average Bonchev–Trinajstić information content (AvgIpc) is 3.06. The number of halogens is 1. The summed E-state index contributed by atoms with van der Waals surface area (Å²) in [7, 11) is 0. The molecule has 0 spiro atoms. The number of nitrogens with one attached hydrogen (secondary N) is 1. The third-order valence-corrected chi connectivity index (χ3v) is 4.84. The molecular formula is C20H23FN2O6. The number of rotatable bonds is 4. The molecule has 2 N–H and O–H groups in total. The summed E-state index contributed by atoms with van der Waals surface area (Å²) in [5, 5.41) is 9.54. The Morgan fingerprint density at radius 1 is 1.31 bits per heavy atom. The van der Waals surface area contributed by atoms with E-state index in [9.17, 15) is 23.9 Å². The Hall–Kier alpha value is -2.78. The van der Waals surface area contributed by atoms with Gasteiger partial charge in [-0.25, -0.2) is 9.59 Å². The normalized spacial score (nSPS) is 21.9. The lowest BCUT2D eigenvalue weighted by Gasteiger charge is -2.19. The van der Waals surface area contributed by atoms with Crippen molar-refractivity contribution in [3.8, 4) is 0 Å². The minimum Gasteiger partial charge on any atom is -0.456 e. The predicted octanol–water partition coefficient (Wildman–Crippen LogP) is 1.48. The van der Waals surface area contributed by atoms with E-state index in [2.05, 4.69) is 20.8 Å². The van der Waals surface area contributed by atoms with E-state index in [0.29, 0.717) is 5.56 Å². The summed E-state index contributed by atoms with van der Waals surface area (Å²) in [6.07, 6.45) is -1.98. The van der Waals surface area contributed by atoms with Crippen LogP contribution in [0.4, 0.5) is 4.39 Å². The number of esters is 1. The van der Waals surface area contributed by atoms with Crippen molar-refractivity contribution in [3.63, 3.8) is 0 Å². The SMILES string of the molecule is CC(C)(C)c1ccc(C(=O)O[C@H]2C[C@H](n3cc(F)c(=O)[nH]c3=O)O[C@@H]2CO)cc1. The molecule has 3 atom stereocenters. The Kier molecular flexibility index (Phi) is 5.72. The van der Waals surface area contributed by atoms with Crippen LogP contribution in [0.5, 0.6) is 0 Å². The highest BCUT2D eigenvalue weighted by atomic mass is 19.1. The lowest BCUT2D eigenvalue weighted by Crippen LogP contribution is -2.34. The monoisotopic (exact) mass is 406 g/mol. The van der Waals surface area contributed by atoms with Crippen LogP contribution in [-0.4, -0.2) is 39.4 Å². The number of nitrogens with zero attached hydrogens (tertiary/aromatic N) is 1. The van der Waals surface area contributed by atoms with Crippen molar-refractivity contribution in [2.75, 3.05) is 6.61 Å². The number of aromatic nitrogens is 2. The Bertz CT molecular complexity index is 1010. The summed E-state index contributed by atoms with van der Waals surface area (Å²) in [4.78, 5) is 37.5. The van der Waals surface area contributed by atoms with E-state index in [1.165, 1.54) is 0 Å². The zero-order valence-corrected chi connectivity index (χ0v) is 16.3. The van der Waals surface area contributed by atoms with Gasteiger partial charge in [0.05, 0.1) is 18.4 Å². The number of aliphatic hydroxyl groups excluding tert-OH is 1. The molecule has 0 radical (unpaired) electrons. The molecule has 0 amide bonds. The van der Waals surface area contributed by atoms with Crippen molar-refractivity contribution < 1.29 is 23.8 Å². The first-order valence-electron chi connectivity index (χ1n) is 9.19. The van der Waals surface area contributed by atoms with Crippen LogP contribution < -0.4 is 11.2 Å². The summed E-state index contributed by atoms with van der Waals surface area (Å²) in [5.41, 5.74) is -0.653. The topological polar surface area (TPSA) is 111 Å². The second kappa shape index (κ2) is 7.92. The van der Waals surface area contributed by atoms with E-state index in [1.54, 1.807) is 12.1 Å². The fourth-order valence-electron chi connectivity index (χ4n) is 3.15. The number of carbonyl (C=O) groups excluding carboxylic acids is 1. The van der Waals surface area contributed by atoms with Crippen LogP contribution in [0.2, 0.25) is 0 Å². The fourth-order valence-corrected chi connectivity index (χ4v) is 3.15. The van der Waals surface area contributed by atoms with E-state index in [0.717, 1.165) is 16.3 Å². The summed E-state index contributed by atoms with van der Waals surface area (Å²) in [5.74, 6) is -1.74. The van der Waals surface area contributed by atoms with Gasteiger partial charge in [-0.05, 0) is 23.1 Å². The summed E-state index contributed by atoms with van der Waals surface area (Å²) < 4.78 is 25.4. The number of H-pyrrole nitrogens is 1. The number of aromatic amines is 1. The Morgan fingerprint density at radius 2 is 1.97 bits per heavy atom. The second-order valence-electron chi connectivity index (χ2n) is 7.96. The van der Waals surface area contributed by atoms with E-state index < -0.39 is 48.1 Å². The van der Waals surface area contributed by atoms with Gasteiger partial charge < -0.3 is 14.6 Å². The van der Waals surface area contributed by atoms with Crippen molar-refractivity contribution in [1.82, 2.24) is 9.55 Å². The van der Waals surface area contributed by atoms with Gasteiger partial charge in [-0.1, -0.05) is 32.9 Å². The van der Waals surface area contributed by atoms with Crippen LogP contribution >= 0.6 is 0 Å². The summed E-state index contributed by atoms with van der Waals surface area (Å²) in [6.45, 7) is 5.72. The van der Waals surface area contributed by atoms with E-state index in [-0.39, 0.29) is 11.8 Å². The third kappa shape index (κ3) is 4.46. The highest BCUT2D eigenvalue weighted by Crippen LogP contribution is 2.30. The lowest BCUT2D eigenvalue weighted by atomic mass is 9.87. The first-order valence-corrected chi connectivity index (χ1v) is 9.19. The molecule has 8 nitrogen and oxygen atoms in total. The molecule has 9 heteroatoms. The maximum absolute atomic E-state index is 13.5. The lowest BCUT2D eigenvalue weighted by molar-refractivity contribution is -0.0524. The Labute approximate surface area is 165 Å². The van der Waals surface area contributed by atoms with Crippen LogP contribution in [0.3, 0.4) is 0 Å². The average molecular weight is 406 g/mol. The van der Waals surface area contributed by atoms with Crippen LogP contribution in [-0.2, 0) is 14.9 Å². The maximum Gasteiger partial charge on any atom is 0.338 e. The van der Waals surface area contributed by atoms with Gasteiger partial charge in [0.25, 0.3) is 5.56 Å². The smallest absolute Gasteiger partial charge is 0.338 e. The van der Waals surface area contributed by atoms with Gasteiger partial charge in [-0.2, -0.15) is 4.39 Å². The molecule has 0 aliphatic carbocycles. The fraction of sp³-hybridized carbons (Fsp3) is 0.450. The first kappa shape index (κ1) is 20.9. The van der Waals surface area contributed by atoms with Crippen molar-refractivity contribution in [3.05, 3.63) is 68.2 Å². The zero-order valence-electron chi connectivity index (χ0n) is 16.3. The van der Waals surface area contributed by atoms with Gasteiger partial charge in [0.1, 0.15) is 18.4 Å². The van der Waals surface area contributed by atoms with Crippen molar-refractivity contribution >= 4 is 5.97 Å². The van der Waals surface area contributed by atoms with Gasteiger partial charge in [0.15, 0.2) is 0 Å². The Morgan fingerprint density at radius 3 is 2.55 bits per heavy atom. The first-order chi connectivity index (χ1) is 13.6. The largest absolute Gasteiger partial charge is 0.456 e. The molecule has 0 bridgehead atoms. The maximum atomic E-state index is 13.5. The number of aliphatic hydroxyl groups is 1. The van der Waals surface area contributed by atoms with Crippen LogP contribution in [0.1, 0.15) is 49.3 Å². The highest BCUT2D eigenvalue weighted by molar-refractivity contribution is 5.89. The third-order valence-electron chi connectivity index (χ3n) is 4.84. The number of benzene rings is 1. The molecular weight excluding hydrogens is 383 g/mol. The zero-order chi connectivity index (χ0) is 21.3. The summed E-state index contributed by atoms with van der Waals surface area (Å²) >= 11 is 0. The molecule has 29 heavy (non-hydrogen) atoms. The minimum atomic E-state index is -1.15. The molecule has 156 valence electrons. The molecule has 0 saturated carbocycles. The Balaban J connectivity index is 1.75. The molecule has 2 aromatic rings. The van der Waals surface area contributed by atoms with E-state index in [1.807, 2.05) is 17.1 Å². The van der Waals surface area contributed by atoms with Gasteiger partial charge in [-0.3, -0.25) is 14.3 Å². The van der Waals surface area contributed by atoms with Crippen LogP contribution in [0, 0.1) is 5.82 Å². The second-order valence-corrected chi connectivity index (χ2v) is 7.96. The molecule has 1 aromatic carbocycles. The molecule has 1 saturated heterocycles. The van der Waals surface area contributed by atoms with Crippen molar-refractivity contribution in [1.29, 1.82) is 0 Å². The minimum absolute atomic E-state index is 0.0163. The van der Waals surface area contributed by atoms with E-state index >= 15 is 0 Å². The quantitative estimate of drug-likeness (QED) is 0.744. The molecule has 1 aliphatic rings. The molecule has 2 heterocycles. The number of carbonyl (C=O) groups is 1. The molecule has 1 fully saturated rings. The summed E-state index contributed by atoms with van der Waals surface area (Å²) in [6, 6.07) is 7.01. The van der Waals surface area contributed by atoms with Gasteiger partial charge in [0.2, 0.25) is 5.82 Å². The molecule has 3 rings (SSSR count). The number of hydrogen-bond donors (Lipinski definition) is 2. The van der Waals surface area contributed by atoms with Crippen LogP contribution in [0.25, 0.3) is 0 Å². The van der Waals surface area contributed by atoms with Gasteiger partial charge in [-0.15, -0.1) is 0 Å². The van der Waals surface area contributed by atoms with Gasteiger partial charge in [0, 0.05) is 6.42 Å². The van der Waals surface area contributed by atoms with Crippen molar-refractivity contribution in [2.45, 2.75) is 51.0 Å². The standard InChI is InChI=1S/C20H23FN2O6/c1-20(2,3)12-6-4-11(5-7-12)18(26)29-14-8-16(28-15(14)10-24)23-9-13(21)17(25)22-19(23)27/h4-7,9,14-16,24H,8,10H2,1-3H3,(H,22,25,27)/t14-,15+,16+/m0/s1. The molecule has 0 unspecified atom stereocenters.